The van der Waals surface area contributed by atoms with E-state index in [4.69, 9.17) is 5.73 Å². The smallest absolute Gasteiger partial charge is 0.332 e. The summed E-state index contributed by atoms with van der Waals surface area (Å²) in [5, 5.41) is 2.68. The van der Waals surface area contributed by atoms with Gasteiger partial charge in [-0.3, -0.25) is 4.79 Å². The second kappa shape index (κ2) is 8.41. The number of hydrogen-bond donors (Lipinski definition) is 2. The molecule has 0 bridgehead atoms. The average molecular weight is 248 g/mol. The molecule has 0 aliphatic rings. The number of rotatable bonds is 7. The molecular formula is C10H20N2O3S. The Morgan fingerprint density at radius 3 is 2.62 bits per heavy atom. The molecular weight excluding hydrogens is 228 g/mol. The standard InChI is InChI=1S/C10H20N2O3S/c1-4-15-10(14)8(11)9(13)12-7(2)5-6-16-3/h7-8H,4-6,11H2,1-3H3,(H,12,13). The summed E-state index contributed by atoms with van der Waals surface area (Å²) in [7, 11) is 0. The summed E-state index contributed by atoms with van der Waals surface area (Å²) in [6.45, 7) is 3.78. The third-order valence-electron chi connectivity index (χ3n) is 1.97. The van der Waals surface area contributed by atoms with Crippen LogP contribution >= 0.6 is 11.8 Å². The highest BCUT2D eigenvalue weighted by atomic mass is 32.2. The minimum Gasteiger partial charge on any atom is -0.464 e. The van der Waals surface area contributed by atoms with E-state index in [2.05, 4.69) is 10.1 Å². The van der Waals surface area contributed by atoms with E-state index in [0.717, 1.165) is 12.2 Å². The van der Waals surface area contributed by atoms with Crippen LogP contribution in [0.3, 0.4) is 0 Å². The summed E-state index contributed by atoms with van der Waals surface area (Å²) in [4.78, 5) is 22.7. The molecule has 1 amide bonds. The van der Waals surface area contributed by atoms with Crippen molar-refractivity contribution in [3.63, 3.8) is 0 Å². The van der Waals surface area contributed by atoms with Crippen LogP contribution < -0.4 is 11.1 Å². The van der Waals surface area contributed by atoms with E-state index in [1.807, 2.05) is 13.2 Å². The maximum atomic E-state index is 11.5. The zero-order chi connectivity index (χ0) is 12.6. The monoisotopic (exact) mass is 248 g/mol. The molecule has 0 aromatic heterocycles. The highest BCUT2D eigenvalue weighted by Gasteiger charge is 2.24. The fourth-order valence-electron chi connectivity index (χ4n) is 1.04. The van der Waals surface area contributed by atoms with Crippen molar-refractivity contribution in [1.82, 2.24) is 5.32 Å². The largest absolute Gasteiger partial charge is 0.464 e. The van der Waals surface area contributed by atoms with E-state index in [1.165, 1.54) is 0 Å². The predicted molar refractivity (Wildman–Crippen MR) is 65.2 cm³/mol. The molecule has 16 heavy (non-hydrogen) atoms. The lowest BCUT2D eigenvalue weighted by molar-refractivity contribution is -0.148. The Hall–Kier alpha value is -0.750. The van der Waals surface area contributed by atoms with Crippen LogP contribution in [0.25, 0.3) is 0 Å². The number of carbonyl (C=O) groups excluding carboxylic acids is 2. The molecule has 0 radical (unpaired) electrons. The number of thioether (sulfide) groups is 1. The molecule has 5 nitrogen and oxygen atoms in total. The molecule has 0 saturated carbocycles. The Balaban J connectivity index is 3.99. The van der Waals surface area contributed by atoms with Crippen LogP contribution in [0.1, 0.15) is 20.3 Å². The van der Waals surface area contributed by atoms with Crippen molar-refractivity contribution < 1.29 is 14.3 Å². The van der Waals surface area contributed by atoms with Gasteiger partial charge in [0.05, 0.1) is 6.61 Å². The molecule has 0 heterocycles. The highest BCUT2D eigenvalue weighted by Crippen LogP contribution is 2.00. The zero-order valence-corrected chi connectivity index (χ0v) is 10.8. The first-order chi connectivity index (χ1) is 7.52. The van der Waals surface area contributed by atoms with Crippen molar-refractivity contribution in [3.05, 3.63) is 0 Å². The van der Waals surface area contributed by atoms with Crippen LogP contribution in [-0.2, 0) is 14.3 Å². The molecule has 0 saturated heterocycles. The molecule has 0 aliphatic heterocycles. The van der Waals surface area contributed by atoms with Gasteiger partial charge < -0.3 is 15.8 Å². The average Bonchev–Trinajstić information content (AvgIpc) is 2.25. The molecule has 0 aromatic rings. The topological polar surface area (TPSA) is 81.4 Å². The van der Waals surface area contributed by atoms with Gasteiger partial charge in [-0.05, 0) is 32.3 Å². The SMILES string of the molecule is CCOC(=O)C(N)C(=O)NC(C)CCSC. The summed E-state index contributed by atoms with van der Waals surface area (Å²) in [5.41, 5.74) is 5.43. The van der Waals surface area contributed by atoms with Gasteiger partial charge in [0.25, 0.3) is 0 Å². The summed E-state index contributed by atoms with van der Waals surface area (Å²) in [6.07, 6.45) is 2.85. The Kier molecular flexibility index (Phi) is 8.01. The van der Waals surface area contributed by atoms with Gasteiger partial charge >= 0.3 is 5.97 Å². The summed E-state index contributed by atoms with van der Waals surface area (Å²) >= 11 is 1.71. The molecule has 0 aliphatic carbocycles. The Bertz CT molecular complexity index is 236. The first-order valence-corrected chi connectivity index (χ1v) is 6.63. The summed E-state index contributed by atoms with van der Waals surface area (Å²) in [5.74, 6) is -0.208. The number of hydrogen-bond acceptors (Lipinski definition) is 5. The maximum Gasteiger partial charge on any atom is 0.332 e. The van der Waals surface area contributed by atoms with E-state index in [0.29, 0.717) is 0 Å². The normalized spacial score (nSPS) is 14.0. The third-order valence-corrected chi connectivity index (χ3v) is 2.61. The van der Waals surface area contributed by atoms with Gasteiger partial charge in [-0.25, -0.2) is 4.79 Å². The molecule has 0 spiro atoms. The van der Waals surface area contributed by atoms with E-state index < -0.39 is 17.9 Å². The van der Waals surface area contributed by atoms with Crippen molar-refractivity contribution in [3.8, 4) is 0 Å². The lowest BCUT2D eigenvalue weighted by Crippen LogP contribution is -2.49. The molecule has 2 atom stereocenters. The van der Waals surface area contributed by atoms with E-state index in [-0.39, 0.29) is 12.6 Å². The van der Waals surface area contributed by atoms with Crippen LogP contribution in [0, 0.1) is 0 Å². The van der Waals surface area contributed by atoms with Crippen molar-refractivity contribution >= 4 is 23.6 Å². The van der Waals surface area contributed by atoms with Crippen LogP contribution in [0.2, 0.25) is 0 Å². The van der Waals surface area contributed by atoms with Crippen LogP contribution in [-0.4, -0.2) is 42.6 Å². The lowest BCUT2D eigenvalue weighted by atomic mass is 10.2. The van der Waals surface area contributed by atoms with Crippen molar-refractivity contribution in [2.45, 2.75) is 32.4 Å². The highest BCUT2D eigenvalue weighted by molar-refractivity contribution is 7.98. The van der Waals surface area contributed by atoms with E-state index >= 15 is 0 Å². The van der Waals surface area contributed by atoms with E-state index in [1.54, 1.807) is 18.7 Å². The first kappa shape index (κ1) is 15.2. The minimum absolute atomic E-state index is 0.0143. The van der Waals surface area contributed by atoms with Gasteiger partial charge in [-0.1, -0.05) is 0 Å². The number of nitrogens with two attached hydrogens (primary N) is 1. The van der Waals surface area contributed by atoms with Gasteiger partial charge in [0.1, 0.15) is 0 Å². The quantitative estimate of drug-likeness (QED) is 0.494. The molecule has 0 aromatic carbocycles. The Morgan fingerprint density at radius 1 is 1.50 bits per heavy atom. The Labute approximate surface area is 100 Å². The number of amides is 1. The van der Waals surface area contributed by atoms with E-state index in [9.17, 15) is 9.59 Å². The summed E-state index contributed by atoms with van der Waals surface area (Å²) < 4.78 is 4.66. The molecule has 94 valence electrons. The second-order valence-corrected chi connectivity index (χ2v) is 4.41. The molecule has 0 fully saturated rings. The fourth-order valence-corrected chi connectivity index (χ4v) is 1.63. The number of nitrogens with one attached hydrogen (secondary N) is 1. The minimum atomic E-state index is -1.23. The first-order valence-electron chi connectivity index (χ1n) is 5.24. The number of ether oxygens (including phenoxy) is 1. The number of carbonyl (C=O) groups is 2. The van der Waals surface area contributed by atoms with Gasteiger partial charge in [0, 0.05) is 6.04 Å². The van der Waals surface area contributed by atoms with Crippen molar-refractivity contribution in [1.29, 1.82) is 0 Å². The number of esters is 1. The molecule has 6 heteroatoms. The van der Waals surface area contributed by atoms with Crippen LogP contribution in [0.4, 0.5) is 0 Å². The van der Waals surface area contributed by atoms with Crippen LogP contribution in [0.15, 0.2) is 0 Å². The lowest BCUT2D eigenvalue weighted by Gasteiger charge is -2.16. The maximum absolute atomic E-state index is 11.5. The van der Waals surface area contributed by atoms with Crippen molar-refractivity contribution in [2.75, 3.05) is 18.6 Å². The zero-order valence-electron chi connectivity index (χ0n) is 9.99. The molecule has 3 N–H and O–H groups in total. The van der Waals surface area contributed by atoms with Gasteiger partial charge in [0.15, 0.2) is 6.04 Å². The van der Waals surface area contributed by atoms with Gasteiger partial charge in [-0.15, -0.1) is 0 Å². The van der Waals surface area contributed by atoms with Crippen molar-refractivity contribution in [2.24, 2.45) is 5.73 Å². The van der Waals surface area contributed by atoms with Gasteiger partial charge in [0.2, 0.25) is 5.91 Å². The molecule has 0 rings (SSSR count). The predicted octanol–water partition coefficient (Wildman–Crippen LogP) is 0.135. The summed E-state index contributed by atoms with van der Waals surface area (Å²) in [6, 6.07) is -1.21. The Morgan fingerprint density at radius 2 is 2.12 bits per heavy atom. The fraction of sp³-hybridized carbons (Fsp3) is 0.800. The third kappa shape index (κ3) is 5.97. The molecule has 2 unspecified atom stereocenters. The second-order valence-electron chi connectivity index (χ2n) is 3.42. The van der Waals surface area contributed by atoms with Crippen LogP contribution in [0.5, 0.6) is 0 Å². The van der Waals surface area contributed by atoms with Gasteiger partial charge in [-0.2, -0.15) is 11.8 Å².